The van der Waals surface area contributed by atoms with Crippen molar-refractivity contribution in [2.24, 2.45) is 11.7 Å². The highest BCUT2D eigenvalue weighted by Gasteiger charge is 2.33. The van der Waals surface area contributed by atoms with Crippen molar-refractivity contribution < 1.29 is 27.2 Å². The van der Waals surface area contributed by atoms with Crippen LogP contribution in [0.15, 0.2) is 30.5 Å². The molecule has 2 aromatic rings. The van der Waals surface area contributed by atoms with E-state index in [4.69, 9.17) is 17.3 Å². The Hall–Kier alpha value is -2.88. The van der Waals surface area contributed by atoms with Crippen LogP contribution in [0.4, 0.5) is 29.1 Å². The van der Waals surface area contributed by atoms with Gasteiger partial charge in [-0.15, -0.1) is 0 Å². The minimum absolute atomic E-state index is 0.113. The summed E-state index contributed by atoms with van der Waals surface area (Å²) in [5.41, 5.74) is 4.08. The number of anilines is 2. The Morgan fingerprint density at radius 3 is 2.43 bits per heavy atom. The second-order valence-electron chi connectivity index (χ2n) is 6.84. The van der Waals surface area contributed by atoms with Crippen molar-refractivity contribution in [3.8, 4) is 0 Å². The van der Waals surface area contributed by atoms with Crippen molar-refractivity contribution in [1.82, 2.24) is 4.98 Å². The number of halogens is 5. The molecule has 0 aliphatic carbocycles. The monoisotopic (exact) mass is 444 g/mol. The van der Waals surface area contributed by atoms with E-state index in [0.29, 0.717) is 25.9 Å². The smallest absolute Gasteiger partial charge is 0.366 e. The standard InChI is InChI=1S/C19H17ClF4N4O2/c20-14-7-11(19(22,23)24)9-26-17(14)28-5-3-10(4-6-28)18(30)27-12-1-2-15(21)13(8-12)16(25)29/h1-2,7-10H,3-6H2,(H2,25,29)(H,27,30). The van der Waals surface area contributed by atoms with Crippen LogP contribution in [0.25, 0.3) is 0 Å². The maximum Gasteiger partial charge on any atom is 0.417 e. The fourth-order valence-corrected chi connectivity index (χ4v) is 3.49. The number of nitrogens with two attached hydrogens (primary N) is 1. The molecule has 11 heteroatoms. The predicted molar refractivity (Wildman–Crippen MR) is 103 cm³/mol. The van der Waals surface area contributed by atoms with Crippen LogP contribution in [0, 0.1) is 11.7 Å². The molecule has 3 N–H and O–H groups in total. The Bertz CT molecular complexity index is 975. The van der Waals surface area contributed by atoms with Crippen LogP contribution in [0.1, 0.15) is 28.8 Å². The Balaban J connectivity index is 1.62. The Labute approximate surface area is 174 Å². The van der Waals surface area contributed by atoms with E-state index < -0.39 is 23.5 Å². The number of carbonyl (C=O) groups is 2. The number of carbonyl (C=O) groups excluding carboxylic acids is 2. The number of benzene rings is 1. The number of pyridine rings is 1. The highest BCUT2D eigenvalue weighted by Crippen LogP contribution is 2.34. The molecule has 0 unspecified atom stereocenters. The van der Waals surface area contributed by atoms with Gasteiger partial charge < -0.3 is 16.0 Å². The Morgan fingerprint density at radius 2 is 1.87 bits per heavy atom. The lowest BCUT2D eigenvalue weighted by Crippen LogP contribution is -2.38. The lowest BCUT2D eigenvalue weighted by Gasteiger charge is -2.32. The molecule has 6 nitrogen and oxygen atoms in total. The molecule has 0 radical (unpaired) electrons. The normalized spacial score (nSPS) is 15.2. The van der Waals surface area contributed by atoms with Gasteiger partial charge in [0.15, 0.2) is 0 Å². The third-order valence-corrected chi connectivity index (χ3v) is 5.09. The van der Waals surface area contributed by atoms with Gasteiger partial charge in [0.1, 0.15) is 11.6 Å². The second-order valence-corrected chi connectivity index (χ2v) is 7.24. The van der Waals surface area contributed by atoms with Crippen LogP contribution < -0.4 is 16.0 Å². The zero-order chi connectivity index (χ0) is 22.1. The van der Waals surface area contributed by atoms with Crippen LogP contribution in [-0.2, 0) is 11.0 Å². The number of primary amides is 1. The minimum atomic E-state index is -4.53. The average molecular weight is 445 g/mol. The second kappa shape index (κ2) is 8.47. The molecule has 2 heterocycles. The number of rotatable bonds is 4. The van der Waals surface area contributed by atoms with Crippen molar-refractivity contribution >= 4 is 34.9 Å². The van der Waals surface area contributed by atoms with Gasteiger partial charge in [0, 0.05) is 30.9 Å². The number of amides is 2. The third-order valence-electron chi connectivity index (χ3n) is 4.81. The van der Waals surface area contributed by atoms with Gasteiger partial charge in [0.25, 0.3) is 5.91 Å². The fourth-order valence-electron chi connectivity index (χ4n) is 3.21. The molecular weight excluding hydrogens is 428 g/mol. The fraction of sp³-hybridized carbons (Fsp3) is 0.316. The van der Waals surface area contributed by atoms with Crippen LogP contribution in [0.3, 0.4) is 0 Å². The summed E-state index contributed by atoms with van der Waals surface area (Å²) in [5, 5.41) is 2.51. The molecule has 0 atom stereocenters. The van der Waals surface area contributed by atoms with Crippen molar-refractivity contribution in [2.45, 2.75) is 19.0 Å². The number of aromatic nitrogens is 1. The van der Waals surface area contributed by atoms with Crippen molar-refractivity contribution in [1.29, 1.82) is 0 Å². The molecular formula is C19H17ClF4N4O2. The molecule has 1 fully saturated rings. The van der Waals surface area contributed by atoms with E-state index in [2.05, 4.69) is 10.3 Å². The van der Waals surface area contributed by atoms with E-state index in [1.807, 2.05) is 0 Å². The summed E-state index contributed by atoms with van der Waals surface area (Å²) in [6.07, 6.45) is -2.98. The molecule has 1 saturated heterocycles. The van der Waals surface area contributed by atoms with Crippen molar-refractivity contribution in [3.05, 3.63) is 52.4 Å². The zero-order valence-electron chi connectivity index (χ0n) is 15.5. The Kier molecular flexibility index (Phi) is 6.16. The number of piperidine rings is 1. The van der Waals surface area contributed by atoms with Gasteiger partial charge in [0.05, 0.1) is 16.1 Å². The molecule has 0 saturated carbocycles. The van der Waals surface area contributed by atoms with E-state index in [1.54, 1.807) is 4.90 Å². The van der Waals surface area contributed by atoms with Gasteiger partial charge in [-0.2, -0.15) is 13.2 Å². The first kappa shape index (κ1) is 21.8. The number of hydrogen-bond donors (Lipinski definition) is 2. The zero-order valence-corrected chi connectivity index (χ0v) is 16.2. The van der Waals surface area contributed by atoms with E-state index in [-0.39, 0.29) is 33.9 Å². The van der Waals surface area contributed by atoms with E-state index in [1.165, 1.54) is 6.07 Å². The SMILES string of the molecule is NC(=O)c1cc(NC(=O)C2CCN(c3ncc(C(F)(F)F)cc3Cl)CC2)ccc1F. The lowest BCUT2D eigenvalue weighted by atomic mass is 9.95. The summed E-state index contributed by atoms with van der Waals surface area (Å²) in [7, 11) is 0. The van der Waals surface area contributed by atoms with Crippen LogP contribution >= 0.6 is 11.6 Å². The predicted octanol–water partition coefficient (Wildman–Crippen LogP) is 3.85. The average Bonchev–Trinajstić information content (AvgIpc) is 2.68. The molecule has 30 heavy (non-hydrogen) atoms. The maximum absolute atomic E-state index is 13.5. The summed E-state index contributed by atoms with van der Waals surface area (Å²) >= 11 is 5.98. The van der Waals surface area contributed by atoms with E-state index in [0.717, 1.165) is 24.4 Å². The van der Waals surface area contributed by atoms with Gasteiger partial charge in [-0.25, -0.2) is 9.37 Å². The van der Waals surface area contributed by atoms with Crippen molar-refractivity contribution in [2.75, 3.05) is 23.3 Å². The first-order valence-corrected chi connectivity index (χ1v) is 9.32. The molecule has 1 aliphatic rings. The number of hydrogen-bond acceptors (Lipinski definition) is 4. The first-order valence-electron chi connectivity index (χ1n) is 8.94. The summed E-state index contributed by atoms with van der Waals surface area (Å²) < 4.78 is 51.8. The van der Waals surface area contributed by atoms with Crippen LogP contribution in [0.5, 0.6) is 0 Å². The van der Waals surface area contributed by atoms with Gasteiger partial charge >= 0.3 is 6.18 Å². The summed E-state index contributed by atoms with van der Waals surface area (Å²) in [5.74, 6) is -2.19. The summed E-state index contributed by atoms with van der Waals surface area (Å²) in [6, 6.07) is 4.35. The first-order chi connectivity index (χ1) is 14.1. The molecule has 3 rings (SSSR count). The van der Waals surface area contributed by atoms with Gasteiger partial charge in [-0.3, -0.25) is 9.59 Å². The number of alkyl halides is 3. The van der Waals surface area contributed by atoms with Gasteiger partial charge in [-0.1, -0.05) is 11.6 Å². The largest absolute Gasteiger partial charge is 0.417 e. The van der Waals surface area contributed by atoms with Crippen LogP contribution in [-0.4, -0.2) is 29.9 Å². The minimum Gasteiger partial charge on any atom is -0.366 e. The molecule has 1 aromatic carbocycles. The Morgan fingerprint density at radius 1 is 1.20 bits per heavy atom. The van der Waals surface area contributed by atoms with Gasteiger partial charge in [-0.05, 0) is 37.1 Å². The lowest BCUT2D eigenvalue weighted by molar-refractivity contribution is -0.137. The number of nitrogens with zero attached hydrogens (tertiary/aromatic N) is 2. The molecule has 1 aliphatic heterocycles. The van der Waals surface area contributed by atoms with Gasteiger partial charge in [0.2, 0.25) is 5.91 Å². The van der Waals surface area contributed by atoms with E-state index >= 15 is 0 Å². The molecule has 1 aromatic heterocycles. The quantitative estimate of drug-likeness (QED) is 0.701. The topological polar surface area (TPSA) is 88.3 Å². The van der Waals surface area contributed by atoms with Crippen LogP contribution in [0.2, 0.25) is 5.02 Å². The van der Waals surface area contributed by atoms with E-state index in [9.17, 15) is 27.2 Å². The summed E-state index contributed by atoms with van der Waals surface area (Å²) in [4.78, 5) is 29.3. The highest BCUT2D eigenvalue weighted by molar-refractivity contribution is 6.33. The number of nitrogens with one attached hydrogen (secondary N) is 1. The molecule has 2 amide bonds. The third kappa shape index (κ3) is 4.81. The molecule has 160 valence electrons. The van der Waals surface area contributed by atoms with Crippen molar-refractivity contribution in [3.63, 3.8) is 0 Å². The summed E-state index contributed by atoms with van der Waals surface area (Å²) in [6.45, 7) is 0.734. The molecule has 0 bridgehead atoms. The highest BCUT2D eigenvalue weighted by atomic mass is 35.5. The maximum atomic E-state index is 13.5. The molecule has 0 spiro atoms.